The molecule has 2 atom stereocenters. The quantitative estimate of drug-likeness (QED) is 0.0598. The van der Waals surface area contributed by atoms with Crippen molar-refractivity contribution in [1.82, 2.24) is 15.1 Å². The predicted octanol–water partition coefficient (Wildman–Crippen LogP) is 4.25. The zero-order valence-electron chi connectivity index (χ0n) is 32.0. The topological polar surface area (TPSA) is 207 Å². The average Bonchev–Trinajstić information content (AvgIpc) is 3.24. The van der Waals surface area contributed by atoms with Gasteiger partial charge in [-0.3, -0.25) is 29.5 Å². The summed E-state index contributed by atoms with van der Waals surface area (Å²) in [4.78, 5) is 54.5. The van der Waals surface area contributed by atoms with Crippen LogP contribution in [0.25, 0.3) is 0 Å². The minimum absolute atomic E-state index is 0.0572. The molecule has 5 aromatic rings. The first kappa shape index (κ1) is 41.0. The number of anilines is 2. The van der Waals surface area contributed by atoms with E-state index in [1.54, 1.807) is 42.5 Å². The van der Waals surface area contributed by atoms with Gasteiger partial charge >= 0.3 is 5.97 Å². The van der Waals surface area contributed by atoms with Crippen molar-refractivity contribution >= 4 is 40.9 Å². The molecule has 13 heteroatoms. The molecule has 0 bridgehead atoms. The standard InChI is InChI=1S/C45H48N8O5/c46-38(44(57)49-29-40(54)55)25-31-16-18-36(19-17-31)50-43(56)35-26-34(27-37(28-35)51-45(58)39(47)24-30-10-4-1-5-11-30)42(48)53-22-20-52(21-23-53)41(32-12-6-2-7-13-32)33-14-8-3-9-15-33/h1-19,26-28,38-39,41,48H,20-25,29,46-47H2,(H,49,57)(H,50,56)(H,51,58)(H,54,55). The molecule has 58 heavy (non-hydrogen) atoms. The van der Waals surface area contributed by atoms with Crippen molar-refractivity contribution in [2.75, 3.05) is 43.4 Å². The van der Waals surface area contributed by atoms with E-state index in [-0.39, 0.29) is 23.9 Å². The maximum atomic E-state index is 13.8. The summed E-state index contributed by atoms with van der Waals surface area (Å²) in [7, 11) is 0. The van der Waals surface area contributed by atoms with E-state index in [0.29, 0.717) is 55.1 Å². The lowest BCUT2D eigenvalue weighted by Crippen LogP contribution is -2.50. The summed E-state index contributed by atoms with van der Waals surface area (Å²) >= 11 is 0. The van der Waals surface area contributed by atoms with Crippen LogP contribution in [0.15, 0.2) is 133 Å². The number of nitrogens with zero attached hydrogens (tertiary/aromatic N) is 2. The molecule has 1 aliphatic rings. The molecule has 1 fully saturated rings. The van der Waals surface area contributed by atoms with Gasteiger partial charge in [0.25, 0.3) is 5.91 Å². The molecule has 0 aromatic heterocycles. The van der Waals surface area contributed by atoms with Gasteiger partial charge in [-0.1, -0.05) is 103 Å². The summed E-state index contributed by atoms with van der Waals surface area (Å²) in [6.45, 7) is 2.02. The van der Waals surface area contributed by atoms with Crippen LogP contribution in [0, 0.1) is 5.41 Å². The summed E-state index contributed by atoms with van der Waals surface area (Å²) < 4.78 is 0. The third-order valence-corrected chi connectivity index (χ3v) is 10.0. The van der Waals surface area contributed by atoms with E-state index in [1.807, 2.05) is 71.6 Å². The van der Waals surface area contributed by atoms with E-state index in [2.05, 4.69) is 45.1 Å². The number of hydrogen-bond acceptors (Lipinski definition) is 8. The van der Waals surface area contributed by atoms with Gasteiger partial charge < -0.3 is 37.4 Å². The number of amides is 3. The van der Waals surface area contributed by atoms with E-state index in [9.17, 15) is 24.6 Å². The SMILES string of the molecule is N=C(c1cc(NC(=O)C(N)Cc2ccccc2)cc(C(=O)Nc2ccc(CC(N)C(=O)NCC(=O)O)cc2)c1)N1CCN(C(c2ccccc2)c2ccccc2)CC1. The predicted molar refractivity (Wildman–Crippen MR) is 225 cm³/mol. The van der Waals surface area contributed by atoms with E-state index in [0.717, 1.165) is 5.56 Å². The van der Waals surface area contributed by atoms with Gasteiger partial charge in [0.15, 0.2) is 0 Å². The number of carbonyl (C=O) groups is 4. The lowest BCUT2D eigenvalue weighted by atomic mass is 9.96. The van der Waals surface area contributed by atoms with Gasteiger partial charge in [0.05, 0.1) is 18.1 Å². The van der Waals surface area contributed by atoms with Crippen molar-refractivity contribution in [2.45, 2.75) is 31.0 Å². The number of aliphatic carboxylic acids is 1. The first-order valence-electron chi connectivity index (χ1n) is 19.1. The zero-order chi connectivity index (χ0) is 41.0. The number of amidine groups is 1. The first-order chi connectivity index (χ1) is 28.0. The maximum absolute atomic E-state index is 13.8. The summed E-state index contributed by atoms with van der Waals surface area (Å²) in [6.07, 6.45) is 0.480. The molecule has 9 N–H and O–H groups in total. The second kappa shape index (κ2) is 19.5. The fraction of sp³-hybridized carbons (Fsp3) is 0.222. The van der Waals surface area contributed by atoms with Gasteiger partial charge in [0, 0.05) is 48.7 Å². The lowest BCUT2D eigenvalue weighted by molar-refractivity contribution is -0.138. The number of nitrogens with two attached hydrogens (primary N) is 2. The molecule has 0 saturated carbocycles. The molecular weight excluding hydrogens is 733 g/mol. The molecule has 6 rings (SSSR count). The van der Waals surface area contributed by atoms with Crippen LogP contribution in [0.1, 0.15) is 44.2 Å². The number of carboxylic acids is 1. The van der Waals surface area contributed by atoms with Crippen LogP contribution in [-0.4, -0.2) is 89.2 Å². The number of carbonyl (C=O) groups excluding carboxylic acids is 3. The highest BCUT2D eigenvalue weighted by Gasteiger charge is 2.28. The smallest absolute Gasteiger partial charge is 0.322 e. The molecule has 2 unspecified atom stereocenters. The molecular formula is C45H48N8O5. The highest BCUT2D eigenvalue weighted by atomic mass is 16.4. The summed E-state index contributed by atoms with van der Waals surface area (Å²) in [6, 6.07) is 40.2. The Morgan fingerprint density at radius 2 is 1.14 bits per heavy atom. The highest BCUT2D eigenvalue weighted by molar-refractivity contribution is 6.08. The monoisotopic (exact) mass is 780 g/mol. The van der Waals surface area contributed by atoms with Crippen molar-refractivity contribution in [1.29, 1.82) is 5.41 Å². The van der Waals surface area contributed by atoms with Crippen molar-refractivity contribution in [3.05, 3.63) is 167 Å². The lowest BCUT2D eigenvalue weighted by Gasteiger charge is -2.40. The molecule has 298 valence electrons. The first-order valence-corrected chi connectivity index (χ1v) is 19.1. The van der Waals surface area contributed by atoms with Crippen molar-refractivity contribution < 1.29 is 24.3 Å². The summed E-state index contributed by atoms with van der Waals surface area (Å²) in [5.74, 6) is -2.42. The number of rotatable bonds is 15. The Morgan fingerprint density at radius 3 is 1.71 bits per heavy atom. The Kier molecular flexibility index (Phi) is 13.7. The van der Waals surface area contributed by atoms with Gasteiger partial charge in [-0.2, -0.15) is 0 Å². The summed E-state index contributed by atoms with van der Waals surface area (Å²) in [5, 5.41) is 26.2. The van der Waals surface area contributed by atoms with Gasteiger partial charge in [-0.25, -0.2) is 0 Å². The highest BCUT2D eigenvalue weighted by Crippen LogP contribution is 2.30. The van der Waals surface area contributed by atoms with E-state index in [4.69, 9.17) is 16.6 Å². The Balaban J connectivity index is 1.18. The van der Waals surface area contributed by atoms with Crippen molar-refractivity contribution in [3.63, 3.8) is 0 Å². The Morgan fingerprint density at radius 1 is 0.621 bits per heavy atom. The fourth-order valence-corrected chi connectivity index (χ4v) is 7.00. The molecule has 1 aliphatic heterocycles. The molecule has 5 aromatic carbocycles. The minimum Gasteiger partial charge on any atom is -0.480 e. The maximum Gasteiger partial charge on any atom is 0.322 e. The number of piperazine rings is 1. The van der Waals surface area contributed by atoms with Gasteiger partial charge in [-0.05, 0) is 65.4 Å². The van der Waals surface area contributed by atoms with Gasteiger partial charge in [0.1, 0.15) is 12.4 Å². The number of nitrogens with one attached hydrogen (secondary N) is 4. The van der Waals surface area contributed by atoms with Crippen LogP contribution >= 0.6 is 0 Å². The Bertz CT molecular complexity index is 2160. The second-order valence-corrected chi connectivity index (χ2v) is 14.3. The van der Waals surface area contributed by atoms with Gasteiger partial charge in [0.2, 0.25) is 11.8 Å². The molecule has 0 aliphatic carbocycles. The number of hydrogen-bond donors (Lipinski definition) is 7. The third kappa shape index (κ3) is 11.0. The molecule has 13 nitrogen and oxygen atoms in total. The number of carboxylic acid groups (broad SMARTS) is 1. The molecule has 1 saturated heterocycles. The molecule has 3 amide bonds. The van der Waals surface area contributed by atoms with Crippen LogP contribution < -0.4 is 27.4 Å². The number of benzene rings is 5. The largest absolute Gasteiger partial charge is 0.480 e. The van der Waals surface area contributed by atoms with E-state index < -0.39 is 42.3 Å². The van der Waals surface area contributed by atoms with Crippen LogP contribution in [0.2, 0.25) is 0 Å². The van der Waals surface area contributed by atoms with Crippen molar-refractivity contribution in [2.24, 2.45) is 11.5 Å². The Labute approximate surface area is 337 Å². The van der Waals surface area contributed by atoms with Crippen molar-refractivity contribution in [3.8, 4) is 0 Å². The zero-order valence-corrected chi connectivity index (χ0v) is 32.0. The normalized spacial score (nSPS) is 13.9. The summed E-state index contributed by atoms with van der Waals surface area (Å²) in [5.41, 5.74) is 17.8. The molecule has 0 radical (unpaired) electrons. The van der Waals surface area contributed by atoms with Crippen LogP contribution in [0.5, 0.6) is 0 Å². The van der Waals surface area contributed by atoms with E-state index in [1.165, 1.54) is 11.1 Å². The third-order valence-electron chi connectivity index (χ3n) is 10.0. The Hall–Kier alpha value is -6.67. The van der Waals surface area contributed by atoms with Gasteiger partial charge in [-0.15, -0.1) is 0 Å². The van der Waals surface area contributed by atoms with Crippen LogP contribution in [0.4, 0.5) is 11.4 Å². The second-order valence-electron chi connectivity index (χ2n) is 14.3. The molecule has 0 spiro atoms. The van der Waals surface area contributed by atoms with Crippen LogP contribution in [0.3, 0.4) is 0 Å². The van der Waals surface area contributed by atoms with Crippen LogP contribution in [-0.2, 0) is 27.2 Å². The van der Waals surface area contributed by atoms with E-state index >= 15 is 0 Å². The minimum atomic E-state index is -1.17. The fourth-order valence-electron chi connectivity index (χ4n) is 7.00. The molecule has 1 heterocycles. The average molecular weight is 781 g/mol.